The Kier molecular flexibility index (Phi) is 5.20. The molecule has 0 N–H and O–H groups in total. The van der Waals surface area contributed by atoms with Gasteiger partial charge in [0.05, 0.1) is 0 Å². The van der Waals surface area contributed by atoms with Gasteiger partial charge in [-0.15, -0.1) is 0 Å². The summed E-state index contributed by atoms with van der Waals surface area (Å²) in [6, 6.07) is 43.3. The van der Waals surface area contributed by atoms with Crippen molar-refractivity contribution >= 4 is 54.3 Å². The maximum atomic E-state index is 6.80. The molecule has 0 unspecified atom stereocenters. The van der Waals surface area contributed by atoms with Gasteiger partial charge in [-0.1, -0.05) is 66.7 Å². The second-order valence-corrected chi connectivity index (χ2v) is 11.0. The van der Waals surface area contributed by atoms with E-state index in [1.807, 2.05) is 30.9 Å². The second-order valence-electron chi connectivity index (χ2n) is 11.0. The van der Waals surface area contributed by atoms with E-state index in [2.05, 4.69) is 125 Å². The molecule has 0 spiro atoms. The number of hydrogen-bond donors (Lipinski definition) is 0. The van der Waals surface area contributed by atoms with Gasteiger partial charge >= 0.3 is 0 Å². The van der Waals surface area contributed by atoms with Gasteiger partial charge in [0.1, 0.15) is 11.2 Å². The van der Waals surface area contributed by atoms with Crippen molar-refractivity contribution in [3.05, 3.63) is 146 Å². The zero-order valence-corrected chi connectivity index (χ0v) is 23.2. The van der Waals surface area contributed by atoms with Gasteiger partial charge in [-0.25, -0.2) is 0 Å². The van der Waals surface area contributed by atoms with Crippen LogP contribution in [0.4, 0.5) is 0 Å². The number of aromatic nitrogens is 2. The van der Waals surface area contributed by atoms with Gasteiger partial charge in [-0.3, -0.25) is 9.97 Å². The Labute approximate surface area is 247 Å². The molecule has 0 bridgehead atoms. The van der Waals surface area contributed by atoms with E-state index in [1.54, 1.807) is 0 Å². The number of benzene rings is 6. The smallest absolute Gasteiger partial charge is 0.144 e. The lowest BCUT2D eigenvalue weighted by Gasteiger charge is -2.15. The standard InChI is InChI=1S/C40H24N2O/c1-2-9-32-30(7-1)31-8-3-4-10-33(31)38-36(32)24-35(39-34-11-5-6-12-37(34)43-40(38)39)29-22-27(25-13-17-41-18-14-25)21-28(23-29)26-15-19-42-20-16-26/h1-24H. The summed E-state index contributed by atoms with van der Waals surface area (Å²) in [5.41, 5.74) is 8.62. The van der Waals surface area contributed by atoms with Crippen LogP contribution in [0.2, 0.25) is 0 Å². The Balaban J connectivity index is 1.48. The van der Waals surface area contributed by atoms with Crippen LogP contribution in [0.3, 0.4) is 0 Å². The fourth-order valence-corrected chi connectivity index (χ4v) is 6.70. The largest absolute Gasteiger partial charge is 0.455 e. The first kappa shape index (κ1) is 23.9. The van der Waals surface area contributed by atoms with E-state index in [4.69, 9.17) is 4.42 Å². The fraction of sp³-hybridized carbons (Fsp3) is 0. The van der Waals surface area contributed by atoms with Crippen LogP contribution in [0.15, 0.2) is 151 Å². The van der Waals surface area contributed by atoms with Crippen molar-refractivity contribution in [1.82, 2.24) is 9.97 Å². The Morgan fingerprint density at radius 1 is 0.372 bits per heavy atom. The van der Waals surface area contributed by atoms with Crippen molar-refractivity contribution in [2.45, 2.75) is 0 Å². The lowest BCUT2D eigenvalue weighted by molar-refractivity contribution is 0.673. The lowest BCUT2D eigenvalue weighted by atomic mass is 9.87. The average Bonchev–Trinajstić information content (AvgIpc) is 3.48. The third-order valence-corrected chi connectivity index (χ3v) is 8.63. The van der Waals surface area contributed by atoms with Crippen molar-refractivity contribution in [2.24, 2.45) is 0 Å². The maximum absolute atomic E-state index is 6.80. The van der Waals surface area contributed by atoms with E-state index >= 15 is 0 Å². The summed E-state index contributed by atoms with van der Waals surface area (Å²) in [4.78, 5) is 8.54. The van der Waals surface area contributed by atoms with Crippen molar-refractivity contribution in [3.8, 4) is 33.4 Å². The minimum atomic E-state index is 0.892. The van der Waals surface area contributed by atoms with Crippen LogP contribution in [0.1, 0.15) is 0 Å². The molecule has 3 aromatic heterocycles. The van der Waals surface area contributed by atoms with E-state index in [0.717, 1.165) is 60.7 Å². The number of furan rings is 1. The van der Waals surface area contributed by atoms with Gasteiger partial charge in [-0.2, -0.15) is 0 Å². The summed E-state index contributed by atoms with van der Waals surface area (Å²) in [6.45, 7) is 0. The van der Waals surface area contributed by atoms with Crippen LogP contribution >= 0.6 is 0 Å². The molecule has 0 aliphatic rings. The first-order valence-electron chi connectivity index (χ1n) is 14.5. The van der Waals surface area contributed by atoms with Gasteiger partial charge < -0.3 is 4.42 Å². The molecule has 3 heterocycles. The van der Waals surface area contributed by atoms with Crippen molar-refractivity contribution in [3.63, 3.8) is 0 Å². The van der Waals surface area contributed by atoms with Gasteiger partial charge in [0, 0.05) is 40.9 Å². The highest BCUT2D eigenvalue weighted by molar-refractivity contribution is 6.34. The summed E-state index contributed by atoms with van der Waals surface area (Å²) in [7, 11) is 0. The Bertz CT molecular complexity index is 2440. The molecular formula is C40H24N2O. The van der Waals surface area contributed by atoms with E-state index in [0.29, 0.717) is 0 Å². The van der Waals surface area contributed by atoms with Gasteiger partial charge in [0.15, 0.2) is 0 Å². The molecular weight excluding hydrogens is 524 g/mol. The SMILES string of the molecule is c1ccc2c(c1)oc1c2c(-c2cc(-c3ccncc3)cc(-c3ccncc3)c2)cc2c3ccccc3c3ccccc3c21. The molecule has 0 radical (unpaired) electrons. The minimum absolute atomic E-state index is 0.892. The molecule has 0 saturated carbocycles. The molecule has 0 amide bonds. The predicted octanol–water partition coefficient (Wildman–Crippen LogP) is 10.8. The summed E-state index contributed by atoms with van der Waals surface area (Å²) in [6.07, 6.45) is 7.40. The molecule has 0 aliphatic heterocycles. The topological polar surface area (TPSA) is 38.9 Å². The highest BCUT2D eigenvalue weighted by atomic mass is 16.3. The third-order valence-electron chi connectivity index (χ3n) is 8.63. The van der Waals surface area contributed by atoms with Crippen LogP contribution in [-0.4, -0.2) is 9.97 Å². The van der Waals surface area contributed by atoms with Crippen LogP contribution in [-0.2, 0) is 0 Å². The first-order valence-corrected chi connectivity index (χ1v) is 14.5. The number of nitrogens with zero attached hydrogens (tertiary/aromatic N) is 2. The summed E-state index contributed by atoms with van der Waals surface area (Å²) >= 11 is 0. The Morgan fingerprint density at radius 2 is 0.860 bits per heavy atom. The predicted molar refractivity (Wildman–Crippen MR) is 178 cm³/mol. The molecule has 3 nitrogen and oxygen atoms in total. The van der Waals surface area contributed by atoms with Gasteiger partial charge in [-0.05, 0) is 115 Å². The molecule has 6 aromatic carbocycles. The number of fused-ring (bicyclic) bond motifs is 10. The maximum Gasteiger partial charge on any atom is 0.144 e. The highest BCUT2D eigenvalue weighted by Crippen LogP contribution is 2.47. The number of para-hydroxylation sites is 1. The molecule has 0 atom stereocenters. The zero-order chi connectivity index (χ0) is 28.3. The first-order chi connectivity index (χ1) is 21.3. The summed E-state index contributed by atoms with van der Waals surface area (Å²) < 4.78 is 6.80. The molecule has 200 valence electrons. The number of pyridine rings is 2. The fourth-order valence-electron chi connectivity index (χ4n) is 6.70. The highest BCUT2D eigenvalue weighted by Gasteiger charge is 2.21. The van der Waals surface area contributed by atoms with Crippen LogP contribution < -0.4 is 0 Å². The van der Waals surface area contributed by atoms with Crippen molar-refractivity contribution in [2.75, 3.05) is 0 Å². The third kappa shape index (κ3) is 3.68. The normalized spacial score (nSPS) is 11.7. The van der Waals surface area contributed by atoms with Crippen LogP contribution in [0.25, 0.3) is 87.6 Å². The monoisotopic (exact) mass is 548 g/mol. The van der Waals surface area contributed by atoms with E-state index in [1.165, 1.54) is 26.9 Å². The molecule has 0 fully saturated rings. The van der Waals surface area contributed by atoms with Gasteiger partial charge in [0.2, 0.25) is 0 Å². The number of hydrogen-bond acceptors (Lipinski definition) is 3. The van der Waals surface area contributed by atoms with Crippen molar-refractivity contribution in [1.29, 1.82) is 0 Å². The molecule has 0 saturated heterocycles. The molecule has 0 aliphatic carbocycles. The summed E-state index contributed by atoms with van der Waals surface area (Å²) in [5, 5.41) is 9.51. The Morgan fingerprint density at radius 3 is 1.49 bits per heavy atom. The molecule has 3 heteroatoms. The average molecular weight is 549 g/mol. The summed E-state index contributed by atoms with van der Waals surface area (Å²) in [5.74, 6) is 0. The van der Waals surface area contributed by atoms with E-state index in [-0.39, 0.29) is 0 Å². The lowest BCUT2D eigenvalue weighted by Crippen LogP contribution is -1.90. The Hall–Kier alpha value is -5.80. The van der Waals surface area contributed by atoms with E-state index in [9.17, 15) is 0 Å². The number of rotatable bonds is 3. The van der Waals surface area contributed by atoms with Crippen molar-refractivity contribution < 1.29 is 4.42 Å². The van der Waals surface area contributed by atoms with Crippen LogP contribution in [0.5, 0.6) is 0 Å². The molecule has 9 aromatic rings. The second kappa shape index (κ2) is 9.37. The van der Waals surface area contributed by atoms with Gasteiger partial charge in [0.25, 0.3) is 0 Å². The minimum Gasteiger partial charge on any atom is -0.455 e. The van der Waals surface area contributed by atoms with Crippen LogP contribution in [0, 0.1) is 0 Å². The zero-order valence-electron chi connectivity index (χ0n) is 23.2. The van der Waals surface area contributed by atoms with E-state index < -0.39 is 0 Å². The molecule has 9 rings (SSSR count). The quantitative estimate of drug-likeness (QED) is 0.206. The molecule has 43 heavy (non-hydrogen) atoms.